The Morgan fingerprint density at radius 3 is 3.00 bits per heavy atom. The minimum Gasteiger partial charge on any atom is -0.394 e. The Labute approximate surface area is 107 Å². The first-order valence-corrected chi connectivity index (χ1v) is 7.82. The summed E-state index contributed by atoms with van der Waals surface area (Å²) < 4.78 is 24.6. The maximum absolute atomic E-state index is 11.5. The van der Waals surface area contributed by atoms with Crippen molar-refractivity contribution in [3.63, 3.8) is 0 Å². The van der Waals surface area contributed by atoms with Gasteiger partial charge in [0.05, 0.1) is 30.9 Å². The van der Waals surface area contributed by atoms with Gasteiger partial charge in [0.2, 0.25) is 0 Å². The maximum Gasteiger partial charge on any atom is 0.152 e. The van der Waals surface area contributed by atoms with Gasteiger partial charge in [0, 0.05) is 23.8 Å². The van der Waals surface area contributed by atoms with Crippen LogP contribution in [0.3, 0.4) is 0 Å². The Morgan fingerprint density at radius 2 is 2.39 bits per heavy atom. The average molecular weight is 273 g/mol. The third kappa shape index (κ3) is 3.30. The summed E-state index contributed by atoms with van der Waals surface area (Å²) in [6.07, 6.45) is 4.24. The summed E-state index contributed by atoms with van der Waals surface area (Å²) in [5.74, 6) is 0.463. The van der Waals surface area contributed by atoms with Crippen molar-refractivity contribution in [3.8, 4) is 0 Å². The predicted octanol–water partition coefficient (Wildman–Crippen LogP) is -0.458. The Balaban J connectivity index is 1.91. The molecule has 1 atom stereocenters. The van der Waals surface area contributed by atoms with Crippen molar-refractivity contribution in [2.45, 2.75) is 32.0 Å². The third-order valence-corrected chi connectivity index (χ3v) is 5.14. The molecule has 0 aliphatic carbocycles. The van der Waals surface area contributed by atoms with Crippen LogP contribution >= 0.6 is 0 Å². The summed E-state index contributed by atoms with van der Waals surface area (Å²) in [5, 5.41) is 16.2. The van der Waals surface area contributed by atoms with Crippen LogP contribution in [0.25, 0.3) is 0 Å². The van der Waals surface area contributed by atoms with Crippen LogP contribution in [0.2, 0.25) is 0 Å². The number of hydrogen-bond donors (Lipinski definition) is 2. The molecule has 0 saturated carbocycles. The summed E-state index contributed by atoms with van der Waals surface area (Å²) in [6, 6.07) is 0. The van der Waals surface area contributed by atoms with Gasteiger partial charge in [-0.15, -0.1) is 0 Å². The molecule has 1 unspecified atom stereocenters. The van der Waals surface area contributed by atoms with E-state index in [1.54, 1.807) is 10.9 Å². The fraction of sp³-hybridized carbons (Fsp3) is 0.727. The molecule has 6 nitrogen and oxygen atoms in total. The molecule has 1 fully saturated rings. The van der Waals surface area contributed by atoms with Gasteiger partial charge in [-0.1, -0.05) is 0 Å². The molecule has 1 aromatic rings. The molecule has 18 heavy (non-hydrogen) atoms. The smallest absolute Gasteiger partial charge is 0.152 e. The van der Waals surface area contributed by atoms with Crippen molar-refractivity contribution in [2.75, 3.05) is 18.1 Å². The standard InChI is InChI=1S/C11H19N3O3S/c1-11(2-5-18(16,17)9-11)12-6-10-7-13-14(8-10)3-4-15/h7-8,12,15H,2-6,9H2,1H3. The van der Waals surface area contributed by atoms with Gasteiger partial charge < -0.3 is 10.4 Å². The molecule has 0 aromatic carbocycles. The van der Waals surface area contributed by atoms with Gasteiger partial charge in [-0.2, -0.15) is 5.10 Å². The lowest BCUT2D eigenvalue weighted by molar-refractivity contribution is 0.269. The van der Waals surface area contributed by atoms with E-state index in [0.717, 1.165) is 5.56 Å². The Morgan fingerprint density at radius 1 is 1.61 bits per heavy atom. The molecule has 2 N–H and O–H groups in total. The molecule has 2 heterocycles. The summed E-state index contributed by atoms with van der Waals surface area (Å²) in [5.41, 5.74) is 0.659. The second kappa shape index (κ2) is 4.99. The predicted molar refractivity (Wildman–Crippen MR) is 67.8 cm³/mol. The molecule has 7 heteroatoms. The minimum atomic E-state index is -2.88. The van der Waals surface area contributed by atoms with Gasteiger partial charge in [0.1, 0.15) is 0 Å². The van der Waals surface area contributed by atoms with Crippen LogP contribution in [0, 0.1) is 0 Å². The van der Waals surface area contributed by atoms with Crippen LogP contribution in [0.5, 0.6) is 0 Å². The molecular weight excluding hydrogens is 254 g/mol. The van der Waals surface area contributed by atoms with E-state index in [1.807, 2.05) is 13.1 Å². The number of aromatic nitrogens is 2. The SMILES string of the molecule is CC1(NCc2cnn(CCO)c2)CCS(=O)(=O)C1. The number of aliphatic hydroxyl groups is 1. The molecule has 1 aliphatic heterocycles. The second-order valence-electron chi connectivity index (χ2n) is 5.09. The molecule has 1 aromatic heterocycles. The Kier molecular flexibility index (Phi) is 3.74. The first kappa shape index (κ1) is 13.5. The second-order valence-corrected chi connectivity index (χ2v) is 7.28. The van der Waals surface area contributed by atoms with E-state index in [2.05, 4.69) is 10.4 Å². The van der Waals surface area contributed by atoms with Crippen LogP contribution in [-0.4, -0.2) is 47.0 Å². The number of aliphatic hydroxyl groups excluding tert-OH is 1. The number of hydrogen-bond acceptors (Lipinski definition) is 5. The van der Waals surface area contributed by atoms with Gasteiger partial charge in [0.15, 0.2) is 9.84 Å². The van der Waals surface area contributed by atoms with Gasteiger partial charge >= 0.3 is 0 Å². The van der Waals surface area contributed by atoms with Crippen molar-refractivity contribution in [3.05, 3.63) is 18.0 Å². The number of sulfone groups is 1. The zero-order valence-corrected chi connectivity index (χ0v) is 11.3. The first-order valence-electron chi connectivity index (χ1n) is 6.00. The fourth-order valence-corrected chi connectivity index (χ4v) is 4.31. The summed E-state index contributed by atoms with van der Waals surface area (Å²) >= 11 is 0. The van der Waals surface area contributed by atoms with E-state index in [-0.39, 0.29) is 23.7 Å². The highest BCUT2D eigenvalue weighted by atomic mass is 32.2. The van der Waals surface area contributed by atoms with Crippen LogP contribution in [-0.2, 0) is 22.9 Å². The quantitative estimate of drug-likeness (QED) is 0.758. The minimum absolute atomic E-state index is 0.0600. The molecule has 0 spiro atoms. The lowest BCUT2D eigenvalue weighted by Crippen LogP contribution is -2.42. The van der Waals surface area contributed by atoms with Crippen LogP contribution in [0.15, 0.2) is 12.4 Å². The molecule has 1 aliphatic rings. The number of nitrogens with one attached hydrogen (secondary N) is 1. The van der Waals surface area contributed by atoms with E-state index in [1.165, 1.54) is 0 Å². The summed E-state index contributed by atoms with van der Waals surface area (Å²) in [6.45, 7) is 3.07. The highest BCUT2D eigenvalue weighted by Crippen LogP contribution is 2.23. The van der Waals surface area contributed by atoms with Crippen molar-refractivity contribution in [1.29, 1.82) is 0 Å². The highest BCUT2D eigenvalue weighted by molar-refractivity contribution is 7.91. The normalized spacial score (nSPS) is 26.6. The molecule has 0 radical (unpaired) electrons. The molecule has 102 valence electrons. The zero-order chi connectivity index (χ0) is 13.2. The Bertz CT molecular complexity index is 511. The van der Waals surface area contributed by atoms with Gasteiger partial charge in [0.25, 0.3) is 0 Å². The van der Waals surface area contributed by atoms with E-state index >= 15 is 0 Å². The topological polar surface area (TPSA) is 84.2 Å². The van der Waals surface area contributed by atoms with E-state index < -0.39 is 9.84 Å². The molecule has 1 saturated heterocycles. The van der Waals surface area contributed by atoms with Crippen LogP contribution in [0.4, 0.5) is 0 Å². The first-order chi connectivity index (χ1) is 8.42. The molecule has 0 amide bonds. The van der Waals surface area contributed by atoms with E-state index in [4.69, 9.17) is 5.11 Å². The maximum atomic E-state index is 11.5. The van der Waals surface area contributed by atoms with Crippen molar-refractivity contribution in [1.82, 2.24) is 15.1 Å². The molecular formula is C11H19N3O3S. The zero-order valence-electron chi connectivity index (χ0n) is 10.5. The van der Waals surface area contributed by atoms with Crippen molar-refractivity contribution >= 4 is 9.84 Å². The third-order valence-electron chi connectivity index (χ3n) is 3.24. The number of nitrogens with zero attached hydrogens (tertiary/aromatic N) is 2. The van der Waals surface area contributed by atoms with Gasteiger partial charge in [-0.25, -0.2) is 8.42 Å². The van der Waals surface area contributed by atoms with Crippen LogP contribution < -0.4 is 5.32 Å². The largest absolute Gasteiger partial charge is 0.394 e. The molecule has 2 rings (SSSR count). The lowest BCUT2D eigenvalue weighted by Gasteiger charge is -2.23. The van der Waals surface area contributed by atoms with Crippen molar-refractivity contribution < 1.29 is 13.5 Å². The highest BCUT2D eigenvalue weighted by Gasteiger charge is 2.37. The number of rotatable bonds is 5. The average Bonchev–Trinajstić information content (AvgIpc) is 2.82. The monoisotopic (exact) mass is 273 g/mol. The fourth-order valence-electron chi connectivity index (χ4n) is 2.19. The van der Waals surface area contributed by atoms with Crippen molar-refractivity contribution in [2.24, 2.45) is 0 Å². The van der Waals surface area contributed by atoms with Gasteiger partial charge in [-0.05, 0) is 13.3 Å². The van der Waals surface area contributed by atoms with E-state index in [9.17, 15) is 8.42 Å². The summed E-state index contributed by atoms with van der Waals surface area (Å²) in [7, 11) is -2.88. The van der Waals surface area contributed by atoms with E-state index in [0.29, 0.717) is 19.5 Å². The molecule has 0 bridgehead atoms. The lowest BCUT2D eigenvalue weighted by atomic mass is 10.0. The summed E-state index contributed by atoms with van der Waals surface area (Å²) in [4.78, 5) is 0. The Hall–Kier alpha value is -0.920. The van der Waals surface area contributed by atoms with Crippen LogP contribution in [0.1, 0.15) is 18.9 Å². The van der Waals surface area contributed by atoms with Gasteiger partial charge in [-0.3, -0.25) is 4.68 Å².